The van der Waals surface area contributed by atoms with E-state index in [9.17, 15) is 18.6 Å². The van der Waals surface area contributed by atoms with Gasteiger partial charge >= 0.3 is 0 Å². The Hall–Kier alpha value is -4.00. The fourth-order valence-electron chi connectivity index (χ4n) is 3.66. The fraction of sp³-hybridized carbons (Fsp3) is 0.0357. The Morgan fingerprint density at radius 1 is 0.735 bits per heavy atom. The van der Waals surface area contributed by atoms with E-state index in [1.54, 1.807) is 60.7 Å². The van der Waals surface area contributed by atoms with Gasteiger partial charge in [-0.1, -0.05) is 60.7 Å². The van der Waals surface area contributed by atoms with Crippen LogP contribution in [-0.4, -0.2) is 0 Å². The quantitative estimate of drug-likeness (QED) is 0.268. The van der Waals surface area contributed by atoms with Crippen LogP contribution < -0.4 is 15.7 Å². The molecule has 4 aromatic rings. The molecule has 0 aliphatic rings. The molecule has 1 N–H and O–H groups in total. The van der Waals surface area contributed by atoms with E-state index in [2.05, 4.69) is 11.2 Å². The van der Waals surface area contributed by atoms with Gasteiger partial charge in [0.25, 0.3) is 0 Å². The first kappa shape index (κ1) is 23.2. The molecule has 0 aromatic heterocycles. The third-order valence-electron chi connectivity index (χ3n) is 5.37. The summed E-state index contributed by atoms with van der Waals surface area (Å²) in [4.78, 5) is 0. The van der Waals surface area contributed by atoms with Gasteiger partial charge in [0.05, 0.1) is 5.57 Å². The van der Waals surface area contributed by atoms with Gasteiger partial charge in [0.15, 0.2) is 0 Å². The van der Waals surface area contributed by atoms with Crippen molar-refractivity contribution in [3.8, 4) is 6.07 Å². The summed E-state index contributed by atoms with van der Waals surface area (Å²) >= 11 is 0. The predicted octanol–water partition coefficient (Wildman–Crippen LogP) is 5.96. The van der Waals surface area contributed by atoms with Crippen molar-refractivity contribution in [1.82, 2.24) is 5.09 Å². The maximum atomic E-state index is 14.6. The van der Waals surface area contributed by atoms with Gasteiger partial charge in [0.2, 0.25) is 7.29 Å². The van der Waals surface area contributed by atoms with Crippen molar-refractivity contribution in [2.75, 3.05) is 0 Å². The van der Waals surface area contributed by atoms with Crippen LogP contribution in [0.25, 0.3) is 5.57 Å². The Labute approximate surface area is 197 Å². The lowest BCUT2D eigenvalue weighted by molar-refractivity contribution is 0.582. The summed E-state index contributed by atoms with van der Waals surface area (Å²) in [5.41, 5.74) is 1.85. The number of hydrogen-bond donors (Lipinski definition) is 1. The predicted molar refractivity (Wildman–Crippen MR) is 132 cm³/mol. The molecule has 4 aromatic carbocycles. The van der Waals surface area contributed by atoms with E-state index in [1.165, 1.54) is 36.4 Å². The van der Waals surface area contributed by atoms with E-state index in [1.807, 2.05) is 12.1 Å². The van der Waals surface area contributed by atoms with Crippen LogP contribution in [0.1, 0.15) is 11.1 Å². The molecule has 0 unspecified atom stereocenters. The highest BCUT2D eigenvalue weighted by atomic mass is 31.2. The molecule has 0 amide bonds. The Kier molecular flexibility index (Phi) is 7.01. The van der Waals surface area contributed by atoms with Crippen molar-refractivity contribution in [3.63, 3.8) is 0 Å². The zero-order valence-corrected chi connectivity index (χ0v) is 19.1. The Morgan fingerprint density at radius 2 is 1.21 bits per heavy atom. The minimum Gasteiger partial charge on any atom is -0.331 e. The second kappa shape index (κ2) is 10.3. The number of rotatable bonds is 7. The summed E-state index contributed by atoms with van der Waals surface area (Å²) < 4.78 is 41.7. The van der Waals surface area contributed by atoms with E-state index < -0.39 is 13.1 Å². The number of benzene rings is 4. The Bertz CT molecular complexity index is 1340. The SMILES string of the molecule is N#C/C(=C(/Cc1ccc(F)cc1)NP(=O)(c1ccccc1)c1ccccc1)c1ccc(F)cc1. The van der Waals surface area contributed by atoms with Crippen LogP contribution in [0.2, 0.25) is 0 Å². The van der Waals surface area contributed by atoms with E-state index in [4.69, 9.17) is 0 Å². The summed E-state index contributed by atoms with van der Waals surface area (Å²) in [5, 5.41) is 14.5. The highest BCUT2D eigenvalue weighted by molar-refractivity contribution is 7.77. The van der Waals surface area contributed by atoms with Crippen molar-refractivity contribution in [3.05, 3.63) is 138 Å². The van der Waals surface area contributed by atoms with Crippen LogP contribution in [0.5, 0.6) is 0 Å². The normalized spacial score (nSPS) is 11.9. The monoisotopic (exact) mass is 470 g/mol. The first-order valence-corrected chi connectivity index (χ1v) is 12.3. The van der Waals surface area contributed by atoms with E-state index in [-0.39, 0.29) is 17.8 Å². The minimum absolute atomic E-state index is 0.199. The average molecular weight is 470 g/mol. The topological polar surface area (TPSA) is 52.9 Å². The van der Waals surface area contributed by atoms with Gasteiger partial charge in [-0.25, -0.2) is 8.78 Å². The highest BCUT2D eigenvalue weighted by Gasteiger charge is 2.29. The summed E-state index contributed by atoms with van der Waals surface area (Å²) in [6.45, 7) is 0. The number of nitrogens with one attached hydrogen (secondary N) is 1. The molecule has 0 fully saturated rings. The van der Waals surface area contributed by atoms with Crippen molar-refractivity contribution in [2.24, 2.45) is 0 Å². The first-order chi connectivity index (χ1) is 16.5. The third-order valence-corrected chi connectivity index (χ3v) is 8.01. The van der Waals surface area contributed by atoms with Crippen molar-refractivity contribution in [1.29, 1.82) is 5.26 Å². The van der Waals surface area contributed by atoms with E-state index >= 15 is 0 Å². The smallest absolute Gasteiger partial charge is 0.226 e. The van der Waals surface area contributed by atoms with Crippen molar-refractivity contribution < 1.29 is 13.3 Å². The van der Waals surface area contributed by atoms with Gasteiger partial charge in [-0.05, 0) is 59.7 Å². The molecule has 0 atom stereocenters. The molecule has 168 valence electrons. The molecule has 0 radical (unpaired) electrons. The third kappa shape index (κ3) is 5.14. The number of nitrogens with zero attached hydrogens (tertiary/aromatic N) is 1. The molecule has 0 spiro atoms. The lowest BCUT2D eigenvalue weighted by Crippen LogP contribution is -2.28. The molecule has 0 saturated heterocycles. The number of hydrogen-bond acceptors (Lipinski definition) is 2. The zero-order chi connectivity index (χ0) is 24.0. The zero-order valence-electron chi connectivity index (χ0n) is 18.2. The number of halogens is 2. The van der Waals surface area contributed by atoms with Crippen LogP contribution in [0, 0.1) is 23.0 Å². The molecule has 3 nitrogen and oxygen atoms in total. The van der Waals surface area contributed by atoms with E-state index in [0.29, 0.717) is 21.9 Å². The highest BCUT2D eigenvalue weighted by Crippen LogP contribution is 2.41. The largest absolute Gasteiger partial charge is 0.331 e. The van der Waals surface area contributed by atoms with Crippen LogP contribution in [0.15, 0.2) is 115 Å². The molecular formula is C28H21F2N2OP. The molecule has 0 heterocycles. The molecule has 0 aliphatic carbocycles. The van der Waals surface area contributed by atoms with Crippen LogP contribution in [0.4, 0.5) is 8.78 Å². The molecule has 34 heavy (non-hydrogen) atoms. The number of nitriles is 1. The summed E-state index contributed by atoms with van der Waals surface area (Å²) in [7, 11) is -3.43. The second-order valence-corrected chi connectivity index (χ2v) is 10.1. The Morgan fingerprint density at radius 3 is 1.68 bits per heavy atom. The van der Waals surface area contributed by atoms with Crippen molar-refractivity contribution in [2.45, 2.75) is 6.42 Å². The summed E-state index contributed by atoms with van der Waals surface area (Å²) in [6.07, 6.45) is 0.199. The lowest BCUT2D eigenvalue weighted by Gasteiger charge is -2.24. The Balaban J connectivity index is 1.89. The maximum Gasteiger partial charge on any atom is 0.226 e. The van der Waals surface area contributed by atoms with Gasteiger partial charge in [-0.2, -0.15) is 5.26 Å². The van der Waals surface area contributed by atoms with Gasteiger partial charge in [-0.3, -0.25) is 4.57 Å². The fourth-order valence-corrected chi connectivity index (χ4v) is 5.97. The molecule has 4 rings (SSSR count). The molecule has 0 saturated carbocycles. The van der Waals surface area contributed by atoms with Crippen molar-refractivity contribution >= 4 is 23.5 Å². The summed E-state index contributed by atoms with van der Waals surface area (Å²) in [6, 6.07) is 31.7. The minimum atomic E-state index is -3.43. The molecular weight excluding hydrogens is 449 g/mol. The van der Waals surface area contributed by atoms with Crippen LogP contribution in [0.3, 0.4) is 0 Å². The van der Waals surface area contributed by atoms with Gasteiger partial charge in [-0.15, -0.1) is 0 Å². The molecule has 0 aliphatic heterocycles. The van der Waals surface area contributed by atoms with Crippen LogP contribution >= 0.6 is 7.29 Å². The standard InChI is InChI=1S/C28H21F2N2OP/c29-23-15-11-21(12-16-23)19-28(27(20-31)22-13-17-24(30)18-14-22)32-34(33,25-7-3-1-4-8-25)26-9-5-2-6-10-26/h1-18H,19H2,(H,32,33)/b28-27+. The first-order valence-electron chi connectivity index (χ1n) is 10.6. The van der Waals surface area contributed by atoms with Crippen LogP contribution in [-0.2, 0) is 11.0 Å². The van der Waals surface area contributed by atoms with Gasteiger partial charge < -0.3 is 5.09 Å². The molecule has 6 heteroatoms. The lowest BCUT2D eigenvalue weighted by atomic mass is 10.0. The molecule has 0 bridgehead atoms. The number of allylic oxidation sites excluding steroid dienone is 2. The average Bonchev–Trinajstić information content (AvgIpc) is 2.88. The van der Waals surface area contributed by atoms with E-state index in [0.717, 1.165) is 5.56 Å². The summed E-state index contributed by atoms with van der Waals surface area (Å²) in [5.74, 6) is -0.797. The maximum absolute atomic E-state index is 14.6. The second-order valence-electron chi connectivity index (χ2n) is 7.67. The van der Waals surface area contributed by atoms with Gasteiger partial charge in [0, 0.05) is 22.7 Å². The van der Waals surface area contributed by atoms with Gasteiger partial charge in [0.1, 0.15) is 17.7 Å².